The van der Waals surface area contributed by atoms with Crippen LogP contribution in [0.15, 0.2) is 18.2 Å². The molecular weight excluding hydrogens is 214 g/mol. The highest BCUT2D eigenvalue weighted by Gasteiger charge is 2.09. The number of rotatable bonds is 3. The Balaban J connectivity index is 3.06. The smallest absolute Gasteiger partial charge is 0.236 e. The number of hydrogen-bond donors (Lipinski definition) is 1. The Morgan fingerprint density at radius 2 is 2.33 bits per heavy atom. The Hall–Kier alpha value is -1.73. The molecule has 2 N–H and O–H groups in total. The molecule has 0 saturated carbocycles. The first kappa shape index (κ1) is 11.3. The van der Waals surface area contributed by atoms with Crippen LogP contribution in [0.5, 0.6) is 0 Å². The predicted octanol–water partition coefficient (Wildman–Crippen LogP) is 1.13. The minimum Gasteiger partial charge on any atom is -0.368 e. The third-order valence-electron chi connectivity index (χ3n) is 1.88. The summed E-state index contributed by atoms with van der Waals surface area (Å²) in [5.74, 6) is -0.457. The van der Waals surface area contributed by atoms with Gasteiger partial charge in [0.1, 0.15) is 6.07 Å². The lowest BCUT2D eigenvalue weighted by atomic mass is 10.2. The largest absolute Gasteiger partial charge is 0.368 e. The number of anilines is 1. The molecule has 0 aliphatic carbocycles. The van der Waals surface area contributed by atoms with Crippen LogP contribution in [-0.2, 0) is 4.79 Å². The fraction of sp³-hybridized carbons (Fsp3) is 0.200. The Bertz CT molecular complexity index is 425. The Morgan fingerprint density at radius 1 is 1.67 bits per heavy atom. The van der Waals surface area contributed by atoms with E-state index in [1.54, 1.807) is 30.1 Å². The van der Waals surface area contributed by atoms with Crippen LogP contribution in [0.25, 0.3) is 0 Å². The summed E-state index contributed by atoms with van der Waals surface area (Å²) in [4.78, 5) is 12.3. The van der Waals surface area contributed by atoms with Crippen LogP contribution < -0.4 is 10.6 Å². The van der Waals surface area contributed by atoms with Crippen LogP contribution >= 0.6 is 11.6 Å². The topological polar surface area (TPSA) is 70.1 Å². The van der Waals surface area contributed by atoms with Gasteiger partial charge in [0.15, 0.2) is 0 Å². The SMILES string of the molecule is CN(CC(N)=O)c1cc(Cl)ccc1C#N. The Kier molecular flexibility index (Phi) is 3.53. The van der Waals surface area contributed by atoms with Gasteiger partial charge >= 0.3 is 0 Å². The first-order valence-electron chi connectivity index (χ1n) is 4.23. The van der Waals surface area contributed by atoms with Crippen LogP contribution in [0.4, 0.5) is 5.69 Å². The second-order valence-electron chi connectivity index (χ2n) is 3.10. The van der Waals surface area contributed by atoms with E-state index in [2.05, 4.69) is 0 Å². The normalized spacial score (nSPS) is 9.40. The maximum atomic E-state index is 10.7. The van der Waals surface area contributed by atoms with Gasteiger partial charge in [0.2, 0.25) is 5.91 Å². The fourth-order valence-corrected chi connectivity index (χ4v) is 1.40. The summed E-state index contributed by atoms with van der Waals surface area (Å²) >= 11 is 5.80. The fourth-order valence-electron chi connectivity index (χ4n) is 1.23. The van der Waals surface area contributed by atoms with Gasteiger partial charge < -0.3 is 10.6 Å². The molecule has 0 bridgehead atoms. The second-order valence-corrected chi connectivity index (χ2v) is 3.53. The zero-order valence-corrected chi connectivity index (χ0v) is 8.95. The van der Waals surface area contributed by atoms with Crippen molar-refractivity contribution < 1.29 is 4.79 Å². The molecule has 1 aromatic carbocycles. The molecule has 15 heavy (non-hydrogen) atoms. The van der Waals surface area contributed by atoms with Crippen LogP contribution in [0.2, 0.25) is 5.02 Å². The van der Waals surface area contributed by atoms with Crippen LogP contribution in [0.3, 0.4) is 0 Å². The van der Waals surface area contributed by atoms with Gasteiger partial charge in [0, 0.05) is 12.1 Å². The molecule has 0 saturated heterocycles. The number of nitrogens with zero attached hydrogens (tertiary/aromatic N) is 2. The number of halogens is 1. The summed E-state index contributed by atoms with van der Waals surface area (Å²) in [6.07, 6.45) is 0. The molecular formula is C10H10ClN3O. The summed E-state index contributed by atoms with van der Waals surface area (Å²) in [7, 11) is 1.68. The van der Waals surface area contributed by atoms with Gasteiger partial charge in [0.25, 0.3) is 0 Å². The maximum Gasteiger partial charge on any atom is 0.236 e. The standard InChI is InChI=1S/C10H10ClN3O/c1-14(6-10(13)15)9-4-8(11)3-2-7(9)5-12/h2-4H,6H2,1H3,(H2,13,15). The molecule has 0 spiro atoms. The number of carbonyl (C=O) groups is 1. The van der Waals surface area contributed by atoms with E-state index < -0.39 is 5.91 Å². The van der Waals surface area contributed by atoms with Crippen molar-refractivity contribution in [2.75, 3.05) is 18.5 Å². The van der Waals surface area contributed by atoms with Crippen molar-refractivity contribution in [2.45, 2.75) is 0 Å². The highest BCUT2D eigenvalue weighted by molar-refractivity contribution is 6.30. The number of hydrogen-bond acceptors (Lipinski definition) is 3. The van der Waals surface area contributed by atoms with Crippen LogP contribution in [0.1, 0.15) is 5.56 Å². The van der Waals surface area contributed by atoms with Crippen LogP contribution in [-0.4, -0.2) is 19.5 Å². The van der Waals surface area contributed by atoms with E-state index in [0.717, 1.165) is 0 Å². The lowest BCUT2D eigenvalue weighted by Gasteiger charge is -2.18. The van der Waals surface area contributed by atoms with Crippen molar-refractivity contribution in [1.82, 2.24) is 0 Å². The number of nitriles is 1. The van der Waals surface area contributed by atoms with Crippen molar-refractivity contribution in [2.24, 2.45) is 5.73 Å². The molecule has 0 unspecified atom stereocenters. The summed E-state index contributed by atoms with van der Waals surface area (Å²) < 4.78 is 0. The molecule has 1 aromatic rings. The van der Waals surface area contributed by atoms with E-state index >= 15 is 0 Å². The molecule has 5 heteroatoms. The molecule has 4 nitrogen and oxygen atoms in total. The molecule has 1 amide bonds. The number of primary amides is 1. The quantitative estimate of drug-likeness (QED) is 0.835. The molecule has 0 atom stereocenters. The Labute approximate surface area is 92.8 Å². The van der Waals surface area contributed by atoms with Crippen LogP contribution in [0, 0.1) is 11.3 Å². The molecule has 0 aliphatic heterocycles. The molecule has 78 valence electrons. The van der Waals surface area contributed by atoms with E-state index in [1.807, 2.05) is 6.07 Å². The predicted molar refractivity (Wildman–Crippen MR) is 58.6 cm³/mol. The van der Waals surface area contributed by atoms with Gasteiger partial charge in [-0.05, 0) is 18.2 Å². The maximum absolute atomic E-state index is 10.7. The van der Waals surface area contributed by atoms with E-state index in [-0.39, 0.29) is 6.54 Å². The average Bonchev–Trinajstić information content (AvgIpc) is 2.16. The lowest BCUT2D eigenvalue weighted by molar-refractivity contribution is -0.116. The highest BCUT2D eigenvalue weighted by Crippen LogP contribution is 2.23. The molecule has 0 fully saturated rings. The summed E-state index contributed by atoms with van der Waals surface area (Å²) in [5.41, 5.74) is 6.13. The van der Waals surface area contributed by atoms with E-state index in [0.29, 0.717) is 16.3 Å². The third-order valence-corrected chi connectivity index (χ3v) is 2.12. The van der Waals surface area contributed by atoms with Crippen molar-refractivity contribution in [3.63, 3.8) is 0 Å². The molecule has 0 heterocycles. The first-order chi connectivity index (χ1) is 7.04. The number of amides is 1. The second kappa shape index (κ2) is 4.67. The summed E-state index contributed by atoms with van der Waals surface area (Å²) in [6, 6.07) is 6.89. The van der Waals surface area contributed by atoms with Crippen molar-refractivity contribution in [1.29, 1.82) is 5.26 Å². The van der Waals surface area contributed by atoms with Crippen molar-refractivity contribution in [3.05, 3.63) is 28.8 Å². The molecule has 0 aromatic heterocycles. The zero-order chi connectivity index (χ0) is 11.4. The lowest BCUT2D eigenvalue weighted by Crippen LogP contribution is -2.30. The molecule has 0 aliphatic rings. The Morgan fingerprint density at radius 3 is 2.87 bits per heavy atom. The van der Waals surface area contributed by atoms with E-state index in [4.69, 9.17) is 22.6 Å². The first-order valence-corrected chi connectivity index (χ1v) is 4.61. The highest BCUT2D eigenvalue weighted by atomic mass is 35.5. The van der Waals surface area contributed by atoms with E-state index in [9.17, 15) is 4.79 Å². The minimum absolute atomic E-state index is 0.0506. The number of benzene rings is 1. The summed E-state index contributed by atoms with van der Waals surface area (Å²) in [6.45, 7) is 0.0506. The van der Waals surface area contributed by atoms with Gasteiger partial charge in [-0.15, -0.1) is 0 Å². The zero-order valence-electron chi connectivity index (χ0n) is 8.20. The number of nitrogens with two attached hydrogens (primary N) is 1. The number of likely N-dealkylation sites (N-methyl/N-ethyl adjacent to an activating group) is 1. The molecule has 1 rings (SSSR count). The van der Waals surface area contributed by atoms with Gasteiger partial charge in [-0.2, -0.15) is 5.26 Å². The minimum atomic E-state index is -0.457. The third kappa shape index (κ3) is 2.86. The van der Waals surface area contributed by atoms with Gasteiger partial charge in [0.05, 0.1) is 17.8 Å². The van der Waals surface area contributed by atoms with Crippen molar-refractivity contribution in [3.8, 4) is 6.07 Å². The molecule has 0 radical (unpaired) electrons. The monoisotopic (exact) mass is 223 g/mol. The van der Waals surface area contributed by atoms with Gasteiger partial charge in [-0.1, -0.05) is 11.6 Å². The van der Waals surface area contributed by atoms with E-state index in [1.165, 1.54) is 0 Å². The average molecular weight is 224 g/mol. The van der Waals surface area contributed by atoms with Gasteiger partial charge in [-0.3, -0.25) is 4.79 Å². The number of carbonyl (C=O) groups excluding carboxylic acids is 1. The van der Waals surface area contributed by atoms with Gasteiger partial charge in [-0.25, -0.2) is 0 Å². The van der Waals surface area contributed by atoms with Crippen molar-refractivity contribution >= 4 is 23.2 Å². The summed E-state index contributed by atoms with van der Waals surface area (Å²) in [5, 5.41) is 9.37.